The van der Waals surface area contributed by atoms with E-state index in [0.717, 1.165) is 11.1 Å². The monoisotopic (exact) mass is 618 g/mol. The lowest BCUT2D eigenvalue weighted by atomic mass is 9.67. The van der Waals surface area contributed by atoms with Crippen molar-refractivity contribution in [1.82, 2.24) is 0 Å². The number of benzene rings is 5. The lowest BCUT2D eigenvalue weighted by Gasteiger charge is -2.34. The van der Waals surface area contributed by atoms with Crippen LogP contribution in [0.2, 0.25) is 0 Å². The Balaban J connectivity index is 1.41. The summed E-state index contributed by atoms with van der Waals surface area (Å²) in [7, 11) is 0. The second-order valence-electron chi connectivity index (χ2n) is 13.3. The summed E-state index contributed by atoms with van der Waals surface area (Å²) in [6.07, 6.45) is 14.9. The standard InChI is InChI=1S/C48H42/c1-7-10-12-20-33(4)48(37-21-13-11-14-22-37)43-27-18-16-24-41(43)46-38(25-19-28-44(46)48)35(9-3)31-34(8-2)36-29-30-40-39-23-15-17-26-42(39)47(5,6)45(40)32-36/h7-32H,3-4H2,1-2,5-6H3/b10-7-,20-12-,34-8+,35-31+. The Morgan fingerprint density at radius 2 is 1.29 bits per heavy atom. The summed E-state index contributed by atoms with van der Waals surface area (Å²) in [6.45, 7) is 17.9. The van der Waals surface area contributed by atoms with Crippen LogP contribution in [0.15, 0.2) is 177 Å². The Morgan fingerprint density at radius 3 is 2.02 bits per heavy atom. The first-order valence-corrected chi connectivity index (χ1v) is 16.9. The SMILES string of the molecule is C=C/C(=C\C(=C/C)c1ccc2c(c1)C(C)(C)c1ccccc1-2)c1cccc2c1-c1ccccc1C2(C(=C)/C=C\C=C/C)c1ccccc1. The molecule has 0 aliphatic heterocycles. The molecule has 5 aromatic carbocycles. The number of fused-ring (bicyclic) bond motifs is 6. The molecule has 0 heteroatoms. The third-order valence-corrected chi connectivity index (χ3v) is 10.4. The van der Waals surface area contributed by atoms with Crippen LogP contribution in [0.1, 0.15) is 66.6 Å². The maximum Gasteiger partial charge on any atom is 0.0708 e. The number of hydrogen-bond acceptors (Lipinski definition) is 0. The van der Waals surface area contributed by atoms with Crippen LogP contribution in [-0.4, -0.2) is 0 Å². The molecule has 1 unspecified atom stereocenters. The van der Waals surface area contributed by atoms with Gasteiger partial charge in [-0.1, -0.05) is 173 Å². The number of allylic oxidation sites excluding steroid dienone is 10. The van der Waals surface area contributed by atoms with Gasteiger partial charge >= 0.3 is 0 Å². The highest BCUT2D eigenvalue weighted by Gasteiger charge is 2.46. The highest BCUT2D eigenvalue weighted by molar-refractivity contribution is 5.98. The average molecular weight is 619 g/mol. The first kappa shape index (κ1) is 31.2. The molecule has 0 bridgehead atoms. The first-order valence-electron chi connectivity index (χ1n) is 16.9. The van der Waals surface area contributed by atoms with Crippen LogP contribution in [0.3, 0.4) is 0 Å². The minimum absolute atomic E-state index is 0.0553. The van der Waals surface area contributed by atoms with E-state index in [4.69, 9.17) is 6.58 Å². The predicted octanol–water partition coefficient (Wildman–Crippen LogP) is 12.7. The lowest BCUT2D eigenvalue weighted by Crippen LogP contribution is -2.28. The van der Waals surface area contributed by atoms with Gasteiger partial charge in [0.1, 0.15) is 0 Å². The van der Waals surface area contributed by atoms with Gasteiger partial charge in [-0.15, -0.1) is 0 Å². The largest absolute Gasteiger partial charge is 0.0984 e. The Kier molecular flexibility index (Phi) is 7.98. The van der Waals surface area contributed by atoms with Gasteiger partial charge in [-0.05, 0) is 104 Å². The molecule has 0 N–H and O–H groups in total. The van der Waals surface area contributed by atoms with Crippen LogP contribution in [0.4, 0.5) is 0 Å². The van der Waals surface area contributed by atoms with Crippen molar-refractivity contribution in [2.75, 3.05) is 0 Å². The second-order valence-corrected chi connectivity index (χ2v) is 13.3. The van der Waals surface area contributed by atoms with Crippen LogP contribution < -0.4 is 0 Å². The van der Waals surface area contributed by atoms with Gasteiger partial charge in [0, 0.05) is 5.41 Å². The third kappa shape index (κ3) is 4.67. The minimum Gasteiger partial charge on any atom is -0.0984 e. The summed E-state index contributed by atoms with van der Waals surface area (Å²) in [5, 5.41) is 0. The summed E-state index contributed by atoms with van der Waals surface area (Å²) in [6, 6.07) is 42.2. The molecule has 48 heavy (non-hydrogen) atoms. The zero-order valence-electron chi connectivity index (χ0n) is 28.4. The molecule has 2 aliphatic carbocycles. The summed E-state index contributed by atoms with van der Waals surface area (Å²) in [5.74, 6) is 0. The van der Waals surface area contributed by atoms with Crippen molar-refractivity contribution in [1.29, 1.82) is 0 Å². The average Bonchev–Trinajstić information content (AvgIpc) is 3.56. The van der Waals surface area contributed by atoms with E-state index >= 15 is 0 Å². The highest BCUT2D eigenvalue weighted by atomic mass is 14.5. The van der Waals surface area contributed by atoms with E-state index < -0.39 is 5.41 Å². The molecule has 234 valence electrons. The van der Waals surface area contributed by atoms with Gasteiger partial charge in [0.2, 0.25) is 0 Å². The molecule has 0 aromatic heterocycles. The van der Waals surface area contributed by atoms with Crippen molar-refractivity contribution in [3.63, 3.8) is 0 Å². The molecule has 0 radical (unpaired) electrons. The number of rotatable bonds is 8. The van der Waals surface area contributed by atoms with Gasteiger partial charge in [0.25, 0.3) is 0 Å². The van der Waals surface area contributed by atoms with Crippen LogP contribution in [0, 0.1) is 0 Å². The molecule has 0 nitrogen and oxygen atoms in total. The topological polar surface area (TPSA) is 0 Å². The molecule has 5 aromatic rings. The van der Waals surface area contributed by atoms with Gasteiger partial charge in [0.15, 0.2) is 0 Å². The predicted molar refractivity (Wildman–Crippen MR) is 207 cm³/mol. The maximum absolute atomic E-state index is 4.74. The number of hydrogen-bond donors (Lipinski definition) is 0. The first-order chi connectivity index (χ1) is 23.4. The third-order valence-electron chi connectivity index (χ3n) is 10.4. The van der Waals surface area contributed by atoms with Crippen molar-refractivity contribution >= 4 is 11.1 Å². The second kappa shape index (κ2) is 12.3. The molecule has 7 rings (SSSR count). The van der Waals surface area contributed by atoms with Gasteiger partial charge in [-0.25, -0.2) is 0 Å². The Bertz CT molecular complexity index is 2190. The van der Waals surface area contributed by atoms with E-state index in [9.17, 15) is 0 Å². The van der Waals surface area contributed by atoms with E-state index in [1.54, 1.807) is 0 Å². The van der Waals surface area contributed by atoms with Crippen molar-refractivity contribution in [2.45, 2.75) is 38.5 Å². The molecule has 0 spiro atoms. The summed E-state index contributed by atoms with van der Waals surface area (Å²) in [5.41, 5.74) is 16.7. The normalized spacial score (nSPS) is 17.7. The van der Waals surface area contributed by atoms with Gasteiger partial charge in [-0.3, -0.25) is 0 Å². The summed E-state index contributed by atoms with van der Waals surface area (Å²) >= 11 is 0. The van der Waals surface area contributed by atoms with E-state index in [0.29, 0.717) is 0 Å². The van der Waals surface area contributed by atoms with E-state index in [1.165, 1.54) is 66.8 Å². The van der Waals surface area contributed by atoms with Crippen LogP contribution in [0.25, 0.3) is 33.4 Å². The highest BCUT2D eigenvalue weighted by Crippen LogP contribution is 2.58. The van der Waals surface area contributed by atoms with E-state index in [2.05, 4.69) is 179 Å². The van der Waals surface area contributed by atoms with E-state index in [-0.39, 0.29) is 5.41 Å². The summed E-state index contributed by atoms with van der Waals surface area (Å²) in [4.78, 5) is 0. The molecule has 0 fully saturated rings. The Labute approximate surface area is 286 Å². The molecular formula is C48H42. The van der Waals surface area contributed by atoms with E-state index in [1.807, 2.05) is 13.0 Å². The molecule has 0 saturated carbocycles. The Morgan fingerprint density at radius 1 is 0.625 bits per heavy atom. The van der Waals surface area contributed by atoms with Crippen molar-refractivity contribution in [3.8, 4) is 22.3 Å². The fourth-order valence-corrected chi connectivity index (χ4v) is 8.14. The van der Waals surface area contributed by atoms with Crippen LogP contribution >= 0.6 is 0 Å². The van der Waals surface area contributed by atoms with Crippen molar-refractivity contribution in [3.05, 3.63) is 215 Å². The summed E-state index contributed by atoms with van der Waals surface area (Å²) < 4.78 is 0. The Hall–Kier alpha value is -5.46. The molecule has 0 heterocycles. The smallest absolute Gasteiger partial charge is 0.0708 e. The molecule has 0 saturated heterocycles. The zero-order valence-corrected chi connectivity index (χ0v) is 28.4. The fourth-order valence-electron chi connectivity index (χ4n) is 8.14. The minimum atomic E-state index is -0.530. The van der Waals surface area contributed by atoms with Crippen LogP contribution in [0.5, 0.6) is 0 Å². The quantitative estimate of drug-likeness (QED) is 0.152. The van der Waals surface area contributed by atoms with Crippen LogP contribution in [-0.2, 0) is 10.8 Å². The van der Waals surface area contributed by atoms with Gasteiger partial charge < -0.3 is 0 Å². The van der Waals surface area contributed by atoms with Gasteiger partial charge in [-0.2, -0.15) is 0 Å². The maximum atomic E-state index is 4.74. The van der Waals surface area contributed by atoms with Crippen molar-refractivity contribution in [2.24, 2.45) is 0 Å². The molecule has 1 atom stereocenters. The zero-order chi connectivity index (χ0) is 33.5. The van der Waals surface area contributed by atoms with Gasteiger partial charge in [0.05, 0.1) is 5.41 Å². The van der Waals surface area contributed by atoms with Crippen molar-refractivity contribution < 1.29 is 0 Å². The molecule has 0 amide bonds. The fraction of sp³-hybridized carbons (Fsp3) is 0.125. The lowest BCUT2D eigenvalue weighted by molar-refractivity contribution is 0.660. The molecule has 2 aliphatic rings. The molecular weight excluding hydrogens is 577 g/mol.